The Kier molecular flexibility index (Phi) is 5.86. The maximum atomic E-state index is 5.97. The summed E-state index contributed by atoms with van der Waals surface area (Å²) in [6.07, 6.45) is 5.60. The van der Waals surface area contributed by atoms with Crippen molar-refractivity contribution in [2.45, 2.75) is 44.8 Å². The van der Waals surface area contributed by atoms with Crippen LogP contribution in [0.5, 0.6) is 0 Å². The smallest absolute Gasteiger partial charge is 0.0583 e. The third-order valence-corrected chi connectivity index (χ3v) is 4.65. The van der Waals surface area contributed by atoms with E-state index in [0.717, 1.165) is 19.4 Å². The lowest BCUT2D eigenvalue weighted by molar-refractivity contribution is 0.0409. The summed E-state index contributed by atoms with van der Waals surface area (Å²) in [6, 6.07) is 8.53. The van der Waals surface area contributed by atoms with Gasteiger partial charge in [-0.25, -0.2) is 0 Å². The van der Waals surface area contributed by atoms with Gasteiger partial charge in [-0.05, 0) is 63.7 Å². The van der Waals surface area contributed by atoms with Crippen molar-refractivity contribution in [3.8, 4) is 0 Å². The van der Waals surface area contributed by atoms with Gasteiger partial charge in [-0.1, -0.05) is 34.1 Å². The van der Waals surface area contributed by atoms with Crippen molar-refractivity contribution >= 4 is 15.9 Å². The van der Waals surface area contributed by atoms with Gasteiger partial charge in [-0.2, -0.15) is 0 Å². The number of halogens is 1. The van der Waals surface area contributed by atoms with Crippen LogP contribution in [0.25, 0.3) is 0 Å². The summed E-state index contributed by atoms with van der Waals surface area (Å²) in [7, 11) is 2.03. The van der Waals surface area contributed by atoms with Crippen molar-refractivity contribution in [3.05, 3.63) is 34.3 Å². The third-order valence-electron chi connectivity index (χ3n) is 3.88. The van der Waals surface area contributed by atoms with Gasteiger partial charge in [0.05, 0.1) is 12.2 Å². The number of hydrogen-bond acceptors (Lipinski definition) is 2. The molecule has 0 bridgehead atoms. The highest BCUT2D eigenvalue weighted by atomic mass is 79.9. The van der Waals surface area contributed by atoms with E-state index < -0.39 is 0 Å². The SMILES string of the molecule is CNCC(Cc1ccccc1Br)CC1CCC(C)O1. The average molecular weight is 326 g/mol. The lowest BCUT2D eigenvalue weighted by Crippen LogP contribution is -2.25. The predicted octanol–water partition coefficient (Wildman–Crippen LogP) is 3.78. The van der Waals surface area contributed by atoms with Crippen LogP contribution in [0.1, 0.15) is 31.7 Å². The molecule has 1 aliphatic heterocycles. The summed E-state index contributed by atoms with van der Waals surface area (Å²) in [5.74, 6) is 0.638. The van der Waals surface area contributed by atoms with E-state index in [1.807, 2.05) is 7.05 Å². The van der Waals surface area contributed by atoms with E-state index in [4.69, 9.17) is 4.74 Å². The minimum absolute atomic E-state index is 0.448. The lowest BCUT2D eigenvalue weighted by atomic mass is 9.92. The summed E-state index contributed by atoms with van der Waals surface area (Å²) in [6.45, 7) is 3.23. The molecule has 1 N–H and O–H groups in total. The summed E-state index contributed by atoms with van der Waals surface area (Å²) < 4.78 is 7.19. The molecule has 0 aliphatic carbocycles. The zero-order valence-electron chi connectivity index (χ0n) is 11.9. The molecule has 0 spiro atoms. The van der Waals surface area contributed by atoms with Crippen molar-refractivity contribution in [1.82, 2.24) is 5.32 Å². The van der Waals surface area contributed by atoms with Crippen molar-refractivity contribution < 1.29 is 4.74 Å². The Morgan fingerprint density at radius 2 is 2.16 bits per heavy atom. The summed E-state index contributed by atoms with van der Waals surface area (Å²) in [4.78, 5) is 0. The Morgan fingerprint density at radius 1 is 1.37 bits per heavy atom. The molecular formula is C16H24BrNO. The van der Waals surface area contributed by atoms with Gasteiger partial charge in [0.1, 0.15) is 0 Å². The first kappa shape index (κ1) is 15.0. The molecule has 3 heteroatoms. The average Bonchev–Trinajstić information content (AvgIpc) is 2.78. The molecule has 19 heavy (non-hydrogen) atoms. The van der Waals surface area contributed by atoms with Crippen LogP contribution in [-0.2, 0) is 11.2 Å². The van der Waals surface area contributed by atoms with Gasteiger partial charge in [0, 0.05) is 4.47 Å². The highest BCUT2D eigenvalue weighted by Crippen LogP contribution is 2.27. The topological polar surface area (TPSA) is 21.3 Å². The monoisotopic (exact) mass is 325 g/mol. The molecule has 1 aromatic carbocycles. The Morgan fingerprint density at radius 3 is 2.79 bits per heavy atom. The molecular weight excluding hydrogens is 302 g/mol. The van der Waals surface area contributed by atoms with E-state index in [2.05, 4.69) is 52.4 Å². The van der Waals surface area contributed by atoms with Crippen molar-refractivity contribution in [3.63, 3.8) is 0 Å². The first-order valence-corrected chi connectivity index (χ1v) is 8.01. The van der Waals surface area contributed by atoms with Gasteiger partial charge in [0.2, 0.25) is 0 Å². The fraction of sp³-hybridized carbons (Fsp3) is 0.625. The van der Waals surface area contributed by atoms with Crippen LogP contribution in [0.2, 0.25) is 0 Å². The molecule has 2 nitrogen and oxygen atoms in total. The van der Waals surface area contributed by atoms with Gasteiger partial charge in [-0.3, -0.25) is 0 Å². The van der Waals surface area contributed by atoms with E-state index in [1.165, 1.54) is 22.9 Å². The van der Waals surface area contributed by atoms with Crippen LogP contribution < -0.4 is 5.32 Å². The molecule has 0 radical (unpaired) electrons. The van der Waals surface area contributed by atoms with Crippen LogP contribution in [0.4, 0.5) is 0 Å². The second kappa shape index (κ2) is 7.41. The summed E-state index contributed by atoms with van der Waals surface area (Å²) in [5.41, 5.74) is 1.40. The molecule has 3 atom stereocenters. The van der Waals surface area contributed by atoms with Crippen LogP contribution in [0, 0.1) is 5.92 Å². The maximum absolute atomic E-state index is 5.97. The maximum Gasteiger partial charge on any atom is 0.0583 e. The Bertz CT molecular complexity index is 396. The molecule has 2 rings (SSSR count). The normalized spacial score (nSPS) is 24.6. The fourth-order valence-electron chi connectivity index (χ4n) is 2.93. The van der Waals surface area contributed by atoms with Crippen molar-refractivity contribution in [2.75, 3.05) is 13.6 Å². The molecule has 1 heterocycles. The van der Waals surface area contributed by atoms with Crippen molar-refractivity contribution in [2.24, 2.45) is 5.92 Å². The lowest BCUT2D eigenvalue weighted by Gasteiger charge is -2.21. The molecule has 1 aliphatic rings. The quantitative estimate of drug-likeness (QED) is 0.859. The van der Waals surface area contributed by atoms with E-state index in [9.17, 15) is 0 Å². The fourth-order valence-corrected chi connectivity index (χ4v) is 3.38. The van der Waals surface area contributed by atoms with Gasteiger partial charge >= 0.3 is 0 Å². The van der Waals surface area contributed by atoms with E-state index in [0.29, 0.717) is 18.1 Å². The minimum Gasteiger partial charge on any atom is -0.375 e. The Labute approximate surface area is 125 Å². The summed E-state index contributed by atoms with van der Waals surface area (Å²) in [5, 5.41) is 3.32. The first-order valence-electron chi connectivity index (χ1n) is 7.22. The highest BCUT2D eigenvalue weighted by Gasteiger charge is 2.25. The molecule has 0 aromatic heterocycles. The molecule has 0 amide bonds. The van der Waals surface area contributed by atoms with E-state index >= 15 is 0 Å². The number of benzene rings is 1. The zero-order valence-corrected chi connectivity index (χ0v) is 13.4. The van der Waals surface area contributed by atoms with E-state index in [-0.39, 0.29) is 0 Å². The molecule has 1 saturated heterocycles. The van der Waals surface area contributed by atoms with Crippen molar-refractivity contribution in [1.29, 1.82) is 0 Å². The van der Waals surface area contributed by atoms with Gasteiger partial charge in [-0.15, -0.1) is 0 Å². The predicted molar refractivity (Wildman–Crippen MR) is 83.4 cm³/mol. The summed E-state index contributed by atoms with van der Waals surface area (Å²) >= 11 is 3.65. The van der Waals surface area contributed by atoms with E-state index in [1.54, 1.807) is 0 Å². The number of nitrogens with one attached hydrogen (secondary N) is 1. The van der Waals surface area contributed by atoms with Crippen LogP contribution in [0.15, 0.2) is 28.7 Å². The van der Waals surface area contributed by atoms with Gasteiger partial charge < -0.3 is 10.1 Å². The molecule has 3 unspecified atom stereocenters. The largest absolute Gasteiger partial charge is 0.375 e. The van der Waals surface area contributed by atoms with Gasteiger partial charge in [0.15, 0.2) is 0 Å². The minimum atomic E-state index is 0.448. The standard InChI is InChI=1S/C16H24BrNO/c1-12-7-8-15(19-12)10-13(11-18-2)9-14-5-3-4-6-16(14)17/h3-6,12-13,15,18H,7-11H2,1-2H3. The molecule has 1 fully saturated rings. The molecule has 0 saturated carbocycles. The van der Waals surface area contributed by atoms with Crippen LogP contribution >= 0.6 is 15.9 Å². The van der Waals surface area contributed by atoms with Gasteiger partial charge in [0.25, 0.3) is 0 Å². The third kappa shape index (κ3) is 4.59. The van der Waals surface area contributed by atoms with Crippen LogP contribution in [-0.4, -0.2) is 25.8 Å². The second-order valence-electron chi connectivity index (χ2n) is 5.60. The Hall–Kier alpha value is -0.380. The number of ether oxygens (including phenoxy) is 1. The molecule has 106 valence electrons. The van der Waals surface area contributed by atoms with Crippen LogP contribution in [0.3, 0.4) is 0 Å². The second-order valence-corrected chi connectivity index (χ2v) is 6.46. The first-order chi connectivity index (χ1) is 9.19. The molecule has 1 aromatic rings. The highest BCUT2D eigenvalue weighted by molar-refractivity contribution is 9.10. The zero-order chi connectivity index (χ0) is 13.7. The Balaban J connectivity index is 1.94. The number of rotatable bonds is 6. The number of hydrogen-bond donors (Lipinski definition) is 1.